The Bertz CT molecular complexity index is 485. The first-order chi connectivity index (χ1) is 9.61. The largest absolute Gasteiger partial charge is 0.483 e. The number of aromatic carboxylic acids is 1. The van der Waals surface area contributed by atoms with Crippen LogP contribution in [-0.4, -0.2) is 41.1 Å². The summed E-state index contributed by atoms with van der Waals surface area (Å²) in [7, 11) is 0. The lowest BCUT2D eigenvalue weighted by Crippen LogP contribution is -2.45. The van der Waals surface area contributed by atoms with Gasteiger partial charge in [0.25, 0.3) is 5.91 Å². The summed E-state index contributed by atoms with van der Waals surface area (Å²) in [5.74, 6) is -0.538. The topological polar surface area (TPSA) is 66.8 Å². The highest BCUT2D eigenvalue weighted by Gasteiger charge is 2.25. The summed E-state index contributed by atoms with van der Waals surface area (Å²) >= 11 is 1.10. The number of hydrogen-bond acceptors (Lipinski definition) is 4. The number of piperidine rings is 1. The molecule has 1 N–H and O–H groups in total. The molecule has 0 aliphatic carbocycles. The second-order valence-corrected chi connectivity index (χ2v) is 5.80. The molecule has 1 aromatic heterocycles. The molecule has 2 rings (SSSR count). The summed E-state index contributed by atoms with van der Waals surface area (Å²) in [5.41, 5.74) is 0. The van der Waals surface area contributed by atoms with E-state index in [-0.39, 0.29) is 17.4 Å². The van der Waals surface area contributed by atoms with Gasteiger partial charge in [-0.05, 0) is 25.7 Å². The van der Waals surface area contributed by atoms with E-state index in [4.69, 9.17) is 9.84 Å². The molecule has 0 saturated carbocycles. The Morgan fingerprint density at radius 1 is 1.50 bits per heavy atom. The van der Waals surface area contributed by atoms with Crippen molar-refractivity contribution in [2.75, 3.05) is 13.2 Å². The average Bonchev–Trinajstić information content (AvgIpc) is 2.94. The summed E-state index contributed by atoms with van der Waals surface area (Å²) in [5, 5.41) is 10.4. The van der Waals surface area contributed by atoms with Crippen molar-refractivity contribution in [2.45, 2.75) is 38.6 Å². The van der Waals surface area contributed by atoms with E-state index in [1.807, 2.05) is 4.90 Å². The SMILES string of the molecule is CCC1CCCCN1C(=O)COc1csc(C(=O)O)c1. The van der Waals surface area contributed by atoms with Gasteiger partial charge in [0, 0.05) is 24.0 Å². The molecule has 0 bridgehead atoms. The van der Waals surface area contributed by atoms with Gasteiger partial charge >= 0.3 is 5.97 Å². The Hall–Kier alpha value is -1.56. The van der Waals surface area contributed by atoms with E-state index < -0.39 is 5.97 Å². The molecule has 2 heterocycles. The monoisotopic (exact) mass is 297 g/mol. The molecule has 1 aromatic rings. The zero-order chi connectivity index (χ0) is 14.5. The maximum Gasteiger partial charge on any atom is 0.346 e. The fourth-order valence-electron chi connectivity index (χ4n) is 2.49. The van der Waals surface area contributed by atoms with Crippen LogP contribution in [0, 0.1) is 0 Å². The molecule has 110 valence electrons. The second-order valence-electron chi connectivity index (χ2n) is 4.89. The molecule has 1 saturated heterocycles. The van der Waals surface area contributed by atoms with E-state index in [0.717, 1.165) is 37.1 Å². The van der Waals surface area contributed by atoms with Crippen LogP contribution in [0.2, 0.25) is 0 Å². The molecule has 1 aliphatic rings. The van der Waals surface area contributed by atoms with Crippen molar-refractivity contribution in [3.63, 3.8) is 0 Å². The van der Waals surface area contributed by atoms with Crippen molar-refractivity contribution in [3.05, 3.63) is 16.3 Å². The molecule has 1 unspecified atom stereocenters. The third kappa shape index (κ3) is 3.50. The highest BCUT2D eigenvalue weighted by molar-refractivity contribution is 7.12. The molecule has 20 heavy (non-hydrogen) atoms. The van der Waals surface area contributed by atoms with Crippen LogP contribution in [0.3, 0.4) is 0 Å². The number of carbonyl (C=O) groups excluding carboxylic acids is 1. The van der Waals surface area contributed by atoms with E-state index in [1.165, 1.54) is 12.5 Å². The van der Waals surface area contributed by atoms with Gasteiger partial charge in [-0.15, -0.1) is 11.3 Å². The van der Waals surface area contributed by atoms with Gasteiger partial charge in [-0.3, -0.25) is 4.79 Å². The lowest BCUT2D eigenvalue weighted by molar-refractivity contribution is -0.137. The first-order valence-corrected chi connectivity index (χ1v) is 7.74. The number of likely N-dealkylation sites (tertiary alicyclic amines) is 1. The number of hydrogen-bond donors (Lipinski definition) is 1. The zero-order valence-electron chi connectivity index (χ0n) is 11.5. The molecule has 0 aromatic carbocycles. The average molecular weight is 297 g/mol. The lowest BCUT2D eigenvalue weighted by atomic mass is 10.00. The minimum absolute atomic E-state index is 0.0142. The highest BCUT2D eigenvalue weighted by Crippen LogP contribution is 2.23. The number of carboxylic acid groups (broad SMARTS) is 1. The molecule has 0 radical (unpaired) electrons. The van der Waals surface area contributed by atoms with Crippen molar-refractivity contribution in [2.24, 2.45) is 0 Å². The number of nitrogens with zero attached hydrogens (tertiary/aromatic N) is 1. The number of carbonyl (C=O) groups is 2. The molecule has 6 heteroatoms. The number of rotatable bonds is 5. The Labute approximate surface area is 122 Å². The molecule has 1 fully saturated rings. The van der Waals surface area contributed by atoms with Crippen LogP contribution in [-0.2, 0) is 4.79 Å². The molecule has 0 spiro atoms. The van der Waals surface area contributed by atoms with Crippen molar-refractivity contribution < 1.29 is 19.4 Å². The minimum Gasteiger partial charge on any atom is -0.483 e. The van der Waals surface area contributed by atoms with Crippen LogP contribution < -0.4 is 4.74 Å². The molecular weight excluding hydrogens is 278 g/mol. The fraction of sp³-hybridized carbons (Fsp3) is 0.571. The van der Waals surface area contributed by atoms with Gasteiger partial charge in [0.2, 0.25) is 0 Å². The summed E-state index contributed by atoms with van der Waals surface area (Å²) in [6.07, 6.45) is 4.25. The normalized spacial score (nSPS) is 18.9. The Balaban J connectivity index is 1.88. The lowest BCUT2D eigenvalue weighted by Gasteiger charge is -2.35. The summed E-state index contributed by atoms with van der Waals surface area (Å²) in [6.45, 7) is 2.87. The number of amides is 1. The maximum atomic E-state index is 12.2. The zero-order valence-corrected chi connectivity index (χ0v) is 12.3. The number of carboxylic acids is 1. The first-order valence-electron chi connectivity index (χ1n) is 6.86. The quantitative estimate of drug-likeness (QED) is 0.907. The third-order valence-corrected chi connectivity index (χ3v) is 4.46. The van der Waals surface area contributed by atoms with Crippen LogP contribution in [0.4, 0.5) is 0 Å². The smallest absolute Gasteiger partial charge is 0.346 e. The van der Waals surface area contributed by atoms with Gasteiger partial charge in [-0.25, -0.2) is 4.79 Å². The summed E-state index contributed by atoms with van der Waals surface area (Å²) in [4.78, 5) is 25.0. The fourth-order valence-corrected chi connectivity index (χ4v) is 3.15. The van der Waals surface area contributed by atoms with Gasteiger partial charge in [0.1, 0.15) is 10.6 Å². The van der Waals surface area contributed by atoms with Crippen LogP contribution in [0.25, 0.3) is 0 Å². The van der Waals surface area contributed by atoms with E-state index >= 15 is 0 Å². The van der Waals surface area contributed by atoms with Crippen molar-refractivity contribution in [1.29, 1.82) is 0 Å². The van der Waals surface area contributed by atoms with Crippen molar-refractivity contribution in [1.82, 2.24) is 4.90 Å². The van der Waals surface area contributed by atoms with Gasteiger partial charge in [-0.1, -0.05) is 6.92 Å². The van der Waals surface area contributed by atoms with E-state index in [1.54, 1.807) is 5.38 Å². The second kappa shape index (κ2) is 6.74. The van der Waals surface area contributed by atoms with Crippen LogP contribution >= 0.6 is 11.3 Å². The van der Waals surface area contributed by atoms with E-state index in [0.29, 0.717) is 11.8 Å². The summed E-state index contributed by atoms with van der Waals surface area (Å²) in [6, 6.07) is 1.77. The van der Waals surface area contributed by atoms with Gasteiger partial charge in [0.15, 0.2) is 6.61 Å². The molecule has 1 amide bonds. The van der Waals surface area contributed by atoms with Gasteiger partial charge in [0.05, 0.1) is 0 Å². The molecule has 1 aliphatic heterocycles. The van der Waals surface area contributed by atoms with Crippen molar-refractivity contribution in [3.8, 4) is 5.75 Å². The Morgan fingerprint density at radius 2 is 2.30 bits per heavy atom. The standard InChI is InChI=1S/C14H19NO4S/c1-2-10-5-3-4-6-15(10)13(16)8-19-11-7-12(14(17)18)20-9-11/h7,9-10H,2-6,8H2,1H3,(H,17,18). The highest BCUT2D eigenvalue weighted by atomic mass is 32.1. The minimum atomic E-state index is -0.974. The third-order valence-electron chi connectivity index (χ3n) is 3.57. The van der Waals surface area contributed by atoms with Crippen molar-refractivity contribution >= 4 is 23.2 Å². The molecule has 1 atom stereocenters. The molecule has 5 nitrogen and oxygen atoms in total. The Kier molecular flexibility index (Phi) is 5.00. The maximum absolute atomic E-state index is 12.2. The predicted octanol–water partition coefficient (Wildman–Crippen LogP) is 2.62. The predicted molar refractivity (Wildman–Crippen MR) is 76.4 cm³/mol. The van der Waals surface area contributed by atoms with Gasteiger partial charge in [-0.2, -0.15) is 0 Å². The number of ether oxygens (including phenoxy) is 1. The first kappa shape index (κ1) is 14.8. The van der Waals surface area contributed by atoms with Gasteiger partial charge < -0.3 is 14.7 Å². The van der Waals surface area contributed by atoms with Crippen LogP contribution in [0.1, 0.15) is 42.3 Å². The van der Waals surface area contributed by atoms with E-state index in [2.05, 4.69) is 6.92 Å². The Morgan fingerprint density at radius 3 is 2.95 bits per heavy atom. The number of thiophene rings is 1. The van der Waals surface area contributed by atoms with E-state index in [9.17, 15) is 9.59 Å². The van der Waals surface area contributed by atoms with Crippen LogP contribution in [0.5, 0.6) is 5.75 Å². The summed E-state index contributed by atoms with van der Waals surface area (Å²) < 4.78 is 5.40. The molecular formula is C14H19NO4S. The van der Waals surface area contributed by atoms with Crippen LogP contribution in [0.15, 0.2) is 11.4 Å².